The Morgan fingerprint density at radius 3 is 3.04 bits per heavy atom. The average molecular weight is 395 g/mol. The Morgan fingerprint density at radius 1 is 1.29 bits per heavy atom. The van der Waals surface area contributed by atoms with Crippen molar-refractivity contribution in [1.29, 1.82) is 0 Å². The molecule has 3 aromatic rings. The topological polar surface area (TPSA) is 80.1 Å². The molecule has 2 aliphatic heterocycles. The third-order valence-corrected chi connectivity index (χ3v) is 6.78. The van der Waals surface area contributed by atoms with Crippen LogP contribution in [0.2, 0.25) is 0 Å². The van der Waals surface area contributed by atoms with Gasteiger partial charge in [-0.1, -0.05) is 6.07 Å². The number of pyridine rings is 1. The lowest BCUT2D eigenvalue weighted by Crippen LogP contribution is -2.52. The lowest BCUT2D eigenvalue weighted by atomic mass is 9.78. The highest BCUT2D eigenvalue weighted by atomic mass is 32.1. The van der Waals surface area contributed by atoms with Crippen LogP contribution in [0.15, 0.2) is 40.8 Å². The summed E-state index contributed by atoms with van der Waals surface area (Å²) in [7, 11) is 0. The predicted octanol–water partition coefficient (Wildman–Crippen LogP) is 2.15. The number of fused-ring (bicyclic) bond motifs is 5. The minimum atomic E-state index is -0.0728. The van der Waals surface area contributed by atoms with E-state index in [2.05, 4.69) is 20.2 Å². The zero-order valence-corrected chi connectivity index (χ0v) is 16.4. The maximum atomic E-state index is 12.7. The standard InChI is InChI=1S/C20H21N5O2S/c1-12(26)21-8-17-14-7-13(16-3-2-4-18(27)25(16)17)9-24(10-14)20-19-15(5-6-28-19)22-11-23-20/h2-6,11,13-14,17H,7-10H2,1H3,(H,21,26)/t13-,14+,17+/m1/s1. The molecule has 2 aliphatic rings. The maximum absolute atomic E-state index is 12.7. The number of nitrogens with zero attached hydrogens (tertiary/aromatic N) is 4. The summed E-state index contributed by atoms with van der Waals surface area (Å²) >= 11 is 1.66. The van der Waals surface area contributed by atoms with Crippen LogP contribution in [0.25, 0.3) is 10.2 Å². The van der Waals surface area contributed by atoms with Crippen molar-refractivity contribution in [2.75, 3.05) is 24.5 Å². The normalized spacial score (nSPS) is 23.5. The minimum Gasteiger partial charge on any atom is -0.354 e. The molecule has 3 atom stereocenters. The van der Waals surface area contributed by atoms with E-state index in [4.69, 9.17) is 0 Å². The summed E-state index contributed by atoms with van der Waals surface area (Å²) in [5.41, 5.74) is 2.04. The largest absolute Gasteiger partial charge is 0.354 e. The van der Waals surface area contributed by atoms with Crippen LogP contribution in [0.4, 0.5) is 5.82 Å². The van der Waals surface area contributed by atoms with Crippen LogP contribution < -0.4 is 15.8 Å². The fraction of sp³-hybridized carbons (Fsp3) is 0.400. The fourth-order valence-electron chi connectivity index (χ4n) is 4.73. The highest BCUT2D eigenvalue weighted by Gasteiger charge is 2.41. The molecule has 0 saturated carbocycles. The Labute approximate surface area is 166 Å². The van der Waals surface area contributed by atoms with E-state index >= 15 is 0 Å². The van der Waals surface area contributed by atoms with Crippen LogP contribution in [-0.2, 0) is 4.79 Å². The number of hydrogen-bond acceptors (Lipinski definition) is 6. The number of piperidine rings is 1. The van der Waals surface area contributed by atoms with Gasteiger partial charge in [0.2, 0.25) is 5.91 Å². The Bertz CT molecular complexity index is 1110. The van der Waals surface area contributed by atoms with E-state index in [0.29, 0.717) is 6.54 Å². The molecule has 5 heterocycles. The van der Waals surface area contributed by atoms with E-state index in [1.807, 2.05) is 28.1 Å². The summed E-state index contributed by atoms with van der Waals surface area (Å²) in [4.78, 5) is 35.5. The van der Waals surface area contributed by atoms with Crippen molar-refractivity contribution in [2.45, 2.75) is 25.3 Å². The first kappa shape index (κ1) is 17.4. The van der Waals surface area contributed by atoms with Crippen molar-refractivity contribution >= 4 is 33.3 Å². The van der Waals surface area contributed by atoms with Gasteiger partial charge in [-0.25, -0.2) is 9.97 Å². The SMILES string of the molecule is CC(=O)NC[C@H]1[C@H]2C[C@H](CN(c3ncnc4ccsc34)C2)c2cccc(=O)n21. The lowest BCUT2D eigenvalue weighted by molar-refractivity contribution is -0.119. The zero-order chi connectivity index (χ0) is 19.3. The molecule has 7 nitrogen and oxygen atoms in total. The molecule has 8 heteroatoms. The molecule has 28 heavy (non-hydrogen) atoms. The number of amides is 1. The molecule has 3 aromatic heterocycles. The van der Waals surface area contributed by atoms with Gasteiger partial charge in [0, 0.05) is 44.2 Å². The minimum absolute atomic E-state index is 0.0127. The second-order valence-electron chi connectivity index (χ2n) is 7.59. The molecule has 0 aliphatic carbocycles. The molecule has 0 radical (unpaired) electrons. The predicted molar refractivity (Wildman–Crippen MR) is 109 cm³/mol. The van der Waals surface area contributed by atoms with Gasteiger partial charge in [0.25, 0.3) is 5.56 Å². The number of carbonyl (C=O) groups excluding carboxylic acids is 1. The molecular formula is C20H21N5O2S. The molecular weight excluding hydrogens is 374 g/mol. The number of aromatic nitrogens is 3. The number of carbonyl (C=O) groups is 1. The molecule has 0 unspecified atom stereocenters. The molecule has 0 aromatic carbocycles. The second kappa shape index (κ2) is 6.70. The summed E-state index contributed by atoms with van der Waals surface area (Å²) in [6.45, 7) is 3.62. The quantitative estimate of drug-likeness (QED) is 0.735. The monoisotopic (exact) mass is 395 g/mol. The van der Waals surface area contributed by atoms with Crippen molar-refractivity contribution in [2.24, 2.45) is 5.92 Å². The second-order valence-corrected chi connectivity index (χ2v) is 8.51. The van der Waals surface area contributed by atoms with Crippen molar-refractivity contribution < 1.29 is 4.79 Å². The Morgan fingerprint density at radius 2 is 2.18 bits per heavy atom. The zero-order valence-electron chi connectivity index (χ0n) is 15.5. The van der Waals surface area contributed by atoms with Crippen molar-refractivity contribution in [3.8, 4) is 0 Å². The number of anilines is 1. The van der Waals surface area contributed by atoms with Crippen LogP contribution in [0, 0.1) is 5.92 Å². The summed E-state index contributed by atoms with van der Waals surface area (Å²) in [6, 6.07) is 7.47. The first-order valence-electron chi connectivity index (χ1n) is 9.51. The highest BCUT2D eigenvalue weighted by Crippen LogP contribution is 2.43. The number of rotatable bonds is 3. The third kappa shape index (κ3) is 2.79. The van der Waals surface area contributed by atoms with E-state index in [-0.39, 0.29) is 29.3 Å². The summed E-state index contributed by atoms with van der Waals surface area (Å²) in [6.07, 6.45) is 2.64. The number of hydrogen-bond donors (Lipinski definition) is 1. The van der Waals surface area contributed by atoms with Gasteiger partial charge < -0.3 is 14.8 Å². The van der Waals surface area contributed by atoms with Crippen LogP contribution in [0.5, 0.6) is 0 Å². The van der Waals surface area contributed by atoms with E-state index in [0.717, 1.165) is 41.2 Å². The van der Waals surface area contributed by atoms with Gasteiger partial charge in [0.15, 0.2) is 0 Å². The Balaban J connectivity index is 1.56. The van der Waals surface area contributed by atoms with Gasteiger partial charge in [-0.2, -0.15) is 0 Å². The van der Waals surface area contributed by atoms with Gasteiger partial charge in [-0.05, 0) is 29.9 Å². The molecule has 1 saturated heterocycles. The molecule has 5 rings (SSSR count). The van der Waals surface area contributed by atoms with E-state index in [9.17, 15) is 9.59 Å². The van der Waals surface area contributed by atoms with Gasteiger partial charge >= 0.3 is 0 Å². The van der Waals surface area contributed by atoms with Crippen LogP contribution >= 0.6 is 11.3 Å². The average Bonchev–Trinajstić information content (AvgIpc) is 3.17. The van der Waals surface area contributed by atoms with Crippen molar-refractivity contribution in [3.05, 3.63) is 52.0 Å². The summed E-state index contributed by atoms with van der Waals surface area (Å²) in [5, 5.41) is 4.97. The fourth-order valence-corrected chi connectivity index (χ4v) is 5.59. The molecule has 1 N–H and O–H groups in total. The molecule has 144 valence electrons. The number of thiophene rings is 1. The van der Waals surface area contributed by atoms with Crippen LogP contribution in [-0.4, -0.2) is 40.1 Å². The Hall–Kier alpha value is -2.74. The van der Waals surface area contributed by atoms with E-state index in [1.165, 1.54) is 6.92 Å². The Kier molecular flexibility index (Phi) is 4.16. The molecule has 1 amide bonds. The molecule has 0 spiro atoms. The third-order valence-electron chi connectivity index (χ3n) is 5.88. The van der Waals surface area contributed by atoms with E-state index in [1.54, 1.807) is 23.7 Å². The summed E-state index contributed by atoms with van der Waals surface area (Å²) < 4.78 is 3.01. The molecule has 1 fully saturated rings. The first-order valence-corrected chi connectivity index (χ1v) is 10.4. The lowest BCUT2D eigenvalue weighted by Gasteiger charge is -2.47. The van der Waals surface area contributed by atoms with Crippen molar-refractivity contribution in [1.82, 2.24) is 19.9 Å². The van der Waals surface area contributed by atoms with Gasteiger partial charge in [-0.3, -0.25) is 9.59 Å². The number of nitrogens with one attached hydrogen (secondary N) is 1. The van der Waals surface area contributed by atoms with Crippen LogP contribution in [0.3, 0.4) is 0 Å². The summed E-state index contributed by atoms with van der Waals surface area (Å²) in [5.74, 6) is 1.44. The smallest absolute Gasteiger partial charge is 0.251 e. The van der Waals surface area contributed by atoms with Gasteiger partial charge in [0.05, 0.1) is 16.3 Å². The highest BCUT2D eigenvalue weighted by molar-refractivity contribution is 7.17. The van der Waals surface area contributed by atoms with E-state index < -0.39 is 0 Å². The molecule has 2 bridgehead atoms. The van der Waals surface area contributed by atoms with Crippen molar-refractivity contribution in [3.63, 3.8) is 0 Å². The van der Waals surface area contributed by atoms with Gasteiger partial charge in [0.1, 0.15) is 12.1 Å². The maximum Gasteiger partial charge on any atom is 0.251 e. The van der Waals surface area contributed by atoms with Gasteiger partial charge in [-0.15, -0.1) is 11.3 Å². The van der Waals surface area contributed by atoms with Crippen LogP contribution in [0.1, 0.15) is 31.0 Å². The first-order chi connectivity index (χ1) is 13.6.